The quantitative estimate of drug-likeness (QED) is 0.128. The molecule has 1 heterocycles. The number of fused-ring (bicyclic) bond motifs is 7. The smallest absolute Gasteiger partial charge is 0.309 e. The maximum Gasteiger partial charge on any atom is 0.309 e. The summed E-state index contributed by atoms with van der Waals surface area (Å²) < 4.78 is 60.5. The highest BCUT2D eigenvalue weighted by Crippen LogP contribution is 2.76. The number of nitrogens with zero attached hydrogens (tertiary/aromatic N) is 1. The average Bonchev–Trinajstić information content (AvgIpc) is 3.50. The van der Waals surface area contributed by atoms with Gasteiger partial charge in [-0.05, 0) is 152 Å². The van der Waals surface area contributed by atoms with Crippen LogP contribution in [0.4, 0.5) is 0 Å². The fourth-order valence-electron chi connectivity index (χ4n) is 14.7. The summed E-state index contributed by atoms with van der Waals surface area (Å²) in [6.07, 6.45) is 10.2. The van der Waals surface area contributed by atoms with E-state index in [0.29, 0.717) is 49.2 Å². The van der Waals surface area contributed by atoms with Crippen LogP contribution in [-0.2, 0) is 34.2 Å². The molecule has 0 aromatic carbocycles. The number of allylic oxidation sites excluding steroid dienone is 1. The van der Waals surface area contributed by atoms with E-state index in [-0.39, 0.29) is 57.3 Å². The van der Waals surface area contributed by atoms with Crippen molar-refractivity contribution in [3.05, 3.63) is 12.2 Å². The molecule has 338 valence electrons. The van der Waals surface area contributed by atoms with Gasteiger partial charge in [-0.2, -0.15) is 0 Å². The Morgan fingerprint density at radius 2 is 1.54 bits per heavy atom. The second-order valence-corrected chi connectivity index (χ2v) is 27.3. The molecule has 0 aromatic rings. The van der Waals surface area contributed by atoms with E-state index in [1.165, 1.54) is 5.57 Å². The van der Waals surface area contributed by atoms with Gasteiger partial charge in [-0.15, -0.1) is 0 Å². The van der Waals surface area contributed by atoms with Crippen molar-refractivity contribution in [3.8, 4) is 0 Å². The van der Waals surface area contributed by atoms with Crippen molar-refractivity contribution in [1.82, 2.24) is 14.9 Å². The average molecular weight is 866 g/mol. The van der Waals surface area contributed by atoms with Gasteiger partial charge in [0.05, 0.1) is 28.6 Å². The number of esters is 1. The molecule has 59 heavy (non-hydrogen) atoms. The van der Waals surface area contributed by atoms with Crippen LogP contribution < -0.4 is 10.0 Å². The number of nitrogens with one attached hydrogen (secondary N) is 2. The van der Waals surface area contributed by atoms with Crippen LogP contribution in [0.3, 0.4) is 0 Å². The van der Waals surface area contributed by atoms with Gasteiger partial charge in [0, 0.05) is 42.7 Å². The number of hydrogen-bond acceptors (Lipinski definition) is 9. The van der Waals surface area contributed by atoms with Crippen LogP contribution >= 0.6 is 0 Å². The number of carboxylic acid groups (broad SMARTS) is 1. The highest BCUT2D eigenvalue weighted by molar-refractivity contribution is 7.91. The number of sulfone groups is 1. The lowest BCUT2D eigenvalue weighted by atomic mass is 9.32. The normalized spacial score (nSPS) is 40.5. The monoisotopic (exact) mass is 866 g/mol. The molecule has 6 rings (SSSR count). The maximum absolute atomic E-state index is 13.2. The van der Waals surface area contributed by atoms with Crippen molar-refractivity contribution in [2.75, 3.05) is 31.1 Å². The van der Waals surface area contributed by atoms with E-state index in [1.807, 2.05) is 6.92 Å². The van der Waals surface area contributed by atoms with E-state index in [0.717, 1.165) is 64.2 Å². The van der Waals surface area contributed by atoms with Crippen molar-refractivity contribution >= 4 is 31.8 Å². The fourth-order valence-corrected chi connectivity index (χ4v) is 16.9. The molecule has 0 bridgehead atoms. The second-order valence-electron chi connectivity index (χ2n) is 22.7. The third-order valence-electron chi connectivity index (χ3n) is 18.5. The molecule has 5 saturated carbocycles. The summed E-state index contributed by atoms with van der Waals surface area (Å²) in [5.74, 6) is 0.953. The molecule has 0 radical (unpaired) electrons. The topological polar surface area (TPSA) is 159 Å². The molecule has 3 N–H and O–H groups in total. The summed E-state index contributed by atoms with van der Waals surface area (Å²) in [5, 5.41) is 13.3. The van der Waals surface area contributed by atoms with Crippen molar-refractivity contribution in [3.63, 3.8) is 0 Å². The van der Waals surface area contributed by atoms with Gasteiger partial charge < -0.3 is 15.2 Å². The molecular formula is C46H79N3O8S2. The lowest BCUT2D eigenvalue weighted by Crippen LogP contribution is -2.69. The van der Waals surface area contributed by atoms with E-state index in [4.69, 9.17) is 4.74 Å². The predicted molar refractivity (Wildman–Crippen MR) is 234 cm³/mol. The highest BCUT2D eigenvalue weighted by atomic mass is 32.2. The molecule has 1 saturated heterocycles. The minimum Gasteiger partial charge on any atom is -0.481 e. The van der Waals surface area contributed by atoms with E-state index in [1.54, 1.807) is 27.7 Å². The summed E-state index contributed by atoms with van der Waals surface area (Å²) in [7, 11) is -6.65. The first-order valence-corrected chi connectivity index (χ1v) is 26.2. The summed E-state index contributed by atoms with van der Waals surface area (Å²) in [4.78, 5) is 27.2. The molecule has 11 nitrogen and oxygen atoms in total. The number of carboxylic acids is 1. The van der Waals surface area contributed by atoms with Crippen molar-refractivity contribution in [2.45, 2.75) is 176 Å². The van der Waals surface area contributed by atoms with Gasteiger partial charge in [0.2, 0.25) is 10.0 Å². The molecule has 2 unspecified atom stereocenters. The second kappa shape index (κ2) is 15.9. The third-order valence-corrected chi connectivity index (χ3v) is 22.1. The zero-order valence-corrected chi connectivity index (χ0v) is 39.9. The first-order valence-electron chi connectivity index (χ1n) is 22.9. The lowest BCUT2D eigenvalue weighted by molar-refractivity contribution is -0.246. The number of hydrogen-bond donors (Lipinski definition) is 3. The zero-order chi connectivity index (χ0) is 43.9. The number of sulfonamides is 1. The van der Waals surface area contributed by atoms with Crippen molar-refractivity contribution < 1.29 is 36.3 Å². The largest absolute Gasteiger partial charge is 0.481 e. The molecule has 0 spiro atoms. The Hall–Kier alpha value is -1.54. The van der Waals surface area contributed by atoms with Crippen LogP contribution in [0.25, 0.3) is 0 Å². The van der Waals surface area contributed by atoms with E-state index < -0.39 is 48.5 Å². The standard InChI is InChI=1S/C46H79N3O8S2/c1-29(2)32-15-20-46(47-28-34(31(5)48-59(55,56)30(3)4)49-23-25-58(53,54)26-24-49)22-21-44(11)33(39(32)46)13-14-36-43(10)18-17-37(57-38(50)27-41(6,7)40(51)52)42(8,9)35(43)16-19-45(36,44)12/h30-37,39,47-48H,1,13-28H2,2-12H3,(H,51,52)/t31?,32-,33+,34?,35-,36+,37-,39+,43-,44+,45+,46-/m0/s1. The SMILES string of the molecule is C=C(C)[C@@H]1CC[C@]2(NCC(C(C)NS(=O)(=O)C(C)C)N3CCS(=O)(=O)CC3)CC[C@]3(C)[C@H](CC[C@@H]4[C@@]5(C)CC[C@H](OC(=O)CC(C)(C)C(=O)O)C(C)(C)[C@@H]5CC[C@]43C)[C@@H]12. The van der Waals surface area contributed by atoms with Gasteiger partial charge in [-0.1, -0.05) is 46.8 Å². The first-order chi connectivity index (χ1) is 27.1. The molecule has 1 aliphatic heterocycles. The maximum atomic E-state index is 13.2. The van der Waals surface area contributed by atoms with Gasteiger partial charge in [0.25, 0.3) is 0 Å². The summed E-state index contributed by atoms with van der Waals surface area (Å²) in [5.41, 5.74) is 0.0240. The molecule has 6 fully saturated rings. The number of carbonyl (C=O) groups excluding carboxylic acids is 1. The van der Waals surface area contributed by atoms with Crippen molar-refractivity contribution in [1.29, 1.82) is 0 Å². The Kier molecular flexibility index (Phi) is 12.7. The van der Waals surface area contributed by atoms with Gasteiger partial charge in [-0.3, -0.25) is 14.5 Å². The number of aliphatic carboxylic acids is 1. The molecule has 5 aliphatic carbocycles. The molecule has 12 atom stereocenters. The number of carbonyl (C=O) groups is 2. The summed E-state index contributed by atoms with van der Waals surface area (Å²) in [6.45, 7) is 29.0. The van der Waals surface area contributed by atoms with Gasteiger partial charge in [-0.25, -0.2) is 21.6 Å². The third kappa shape index (κ3) is 8.14. The zero-order valence-electron chi connectivity index (χ0n) is 38.3. The van der Waals surface area contributed by atoms with Crippen LogP contribution in [0.5, 0.6) is 0 Å². The summed E-state index contributed by atoms with van der Waals surface area (Å²) >= 11 is 0. The Bertz CT molecular complexity index is 1850. The Morgan fingerprint density at radius 1 is 0.898 bits per heavy atom. The highest BCUT2D eigenvalue weighted by Gasteiger charge is 2.71. The molecule has 13 heteroatoms. The Labute approximate surface area is 357 Å². The van der Waals surface area contributed by atoms with Gasteiger partial charge >= 0.3 is 11.9 Å². The first kappa shape index (κ1) is 47.0. The van der Waals surface area contributed by atoms with Crippen LogP contribution in [-0.4, -0.2) is 98.9 Å². The van der Waals surface area contributed by atoms with E-state index in [2.05, 4.69) is 63.1 Å². The molecule has 0 amide bonds. The van der Waals surface area contributed by atoms with Gasteiger partial charge in [0.1, 0.15) is 6.10 Å². The minimum atomic E-state index is -3.54. The Balaban J connectivity index is 1.25. The molecule has 6 aliphatic rings. The molecule has 0 aromatic heterocycles. The van der Waals surface area contributed by atoms with Crippen LogP contribution in [0.1, 0.15) is 147 Å². The molecular weight excluding hydrogens is 787 g/mol. The minimum absolute atomic E-state index is 0.0819. The number of rotatable bonds is 13. The predicted octanol–water partition coefficient (Wildman–Crippen LogP) is 7.21. The number of ether oxygens (including phenoxy) is 1. The van der Waals surface area contributed by atoms with Crippen LogP contribution in [0.15, 0.2) is 12.2 Å². The van der Waals surface area contributed by atoms with Crippen LogP contribution in [0, 0.1) is 56.7 Å². The van der Waals surface area contributed by atoms with E-state index in [9.17, 15) is 31.5 Å². The van der Waals surface area contributed by atoms with E-state index >= 15 is 0 Å². The summed E-state index contributed by atoms with van der Waals surface area (Å²) in [6, 6.07) is -0.599. The van der Waals surface area contributed by atoms with Gasteiger partial charge in [0.15, 0.2) is 9.84 Å². The van der Waals surface area contributed by atoms with Crippen molar-refractivity contribution in [2.24, 2.45) is 56.7 Å². The fraction of sp³-hybridized carbons (Fsp3) is 0.913. The van der Waals surface area contributed by atoms with Crippen LogP contribution in [0.2, 0.25) is 0 Å². The Morgan fingerprint density at radius 3 is 2.14 bits per heavy atom. The lowest BCUT2D eigenvalue weighted by Gasteiger charge is -2.73.